The predicted octanol–water partition coefficient (Wildman–Crippen LogP) is 3.76. The zero-order valence-electron chi connectivity index (χ0n) is 22.9. The predicted molar refractivity (Wildman–Crippen MR) is 150 cm³/mol. The highest BCUT2D eigenvalue weighted by molar-refractivity contribution is 7.92. The van der Waals surface area contributed by atoms with E-state index in [-0.39, 0.29) is 17.3 Å². The van der Waals surface area contributed by atoms with E-state index < -0.39 is 28.5 Å². The summed E-state index contributed by atoms with van der Waals surface area (Å²) >= 11 is 0. The lowest BCUT2D eigenvalue weighted by atomic mass is 10.1. The van der Waals surface area contributed by atoms with E-state index >= 15 is 0 Å². The average Bonchev–Trinajstić information content (AvgIpc) is 2.94. The molecule has 3 aromatic rings. The summed E-state index contributed by atoms with van der Waals surface area (Å²) in [5.41, 5.74) is 1.96. The number of benzene rings is 3. The van der Waals surface area contributed by atoms with Gasteiger partial charge >= 0.3 is 0 Å². The number of sulfonamides is 1. The SMILES string of the molecule is CCNC(=O)[C@H](C)N(Cc1ccc(OC)cc1)C(=O)CN(c1ccc(OC)cc1)S(=O)(=O)c1ccc(C)cc1. The van der Waals surface area contributed by atoms with Gasteiger partial charge in [-0.1, -0.05) is 29.8 Å². The first-order valence-corrected chi connectivity index (χ1v) is 14.0. The molecule has 0 aliphatic heterocycles. The van der Waals surface area contributed by atoms with Crippen molar-refractivity contribution >= 4 is 27.5 Å². The summed E-state index contributed by atoms with van der Waals surface area (Å²) in [6.07, 6.45) is 0. The number of carbonyl (C=O) groups excluding carboxylic acids is 2. The van der Waals surface area contributed by atoms with Crippen LogP contribution in [0.2, 0.25) is 0 Å². The standard InChI is InChI=1S/C29H35N3O6S/c1-6-30-29(34)22(3)31(19-23-9-13-25(37-4)14-10-23)28(33)20-32(24-11-15-26(38-5)16-12-24)39(35,36)27-17-7-21(2)8-18-27/h7-18,22H,6,19-20H2,1-5H3,(H,30,34)/t22-/m0/s1. The highest BCUT2D eigenvalue weighted by Gasteiger charge is 2.32. The smallest absolute Gasteiger partial charge is 0.264 e. The number of hydrogen-bond donors (Lipinski definition) is 1. The summed E-state index contributed by atoms with van der Waals surface area (Å²) in [5, 5.41) is 2.75. The van der Waals surface area contributed by atoms with Gasteiger partial charge in [0.25, 0.3) is 10.0 Å². The molecule has 39 heavy (non-hydrogen) atoms. The van der Waals surface area contributed by atoms with Crippen molar-refractivity contribution in [2.45, 2.75) is 38.3 Å². The van der Waals surface area contributed by atoms with Gasteiger partial charge in [-0.15, -0.1) is 0 Å². The first-order chi connectivity index (χ1) is 18.6. The van der Waals surface area contributed by atoms with Crippen LogP contribution < -0.4 is 19.1 Å². The highest BCUT2D eigenvalue weighted by atomic mass is 32.2. The van der Waals surface area contributed by atoms with Crippen molar-refractivity contribution in [3.63, 3.8) is 0 Å². The van der Waals surface area contributed by atoms with E-state index in [0.29, 0.717) is 23.7 Å². The molecule has 1 atom stereocenters. The molecular formula is C29H35N3O6S. The number of anilines is 1. The summed E-state index contributed by atoms with van der Waals surface area (Å²) < 4.78 is 39.1. The van der Waals surface area contributed by atoms with Crippen LogP contribution in [-0.4, -0.2) is 58.5 Å². The maximum atomic E-state index is 13.9. The molecule has 0 aromatic heterocycles. The fourth-order valence-corrected chi connectivity index (χ4v) is 5.36. The molecular weight excluding hydrogens is 518 g/mol. The number of ether oxygens (including phenoxy) is 2. The van der Waals surface area contributed by atoms with Crippen LogP contribution in [0, 0.1) is 6.92 Å². The molecule has 0 radical (unpaired) electrons. The maximum Gasteiger partial charge on any atom is 0.264 e. The number of amides is 2. The zero-order valence-corrected chi connectivity index (χ0v) is 23.7. The largest absolute Gasteiger partial charge is 0.497 e. The Morgan fingerprint density at radius 3 is 1.92 bits per heavy atom. The first-order valence-electron chi connectivity index (χ1n) is 12.5. The van der Waals surface area contributed by atoms with Gasteiger partial charge in [0.05, 0.1) is 24.8 Å². The molecule has 10 heteroatoms. The van der Waals surface area contributed by atoms with Crippen LogP contribution in [0.25, 0.3) is 0 Å². The number of hydrogen-bond acceptors (Lipinski definition) is 6. The Labute approximate surface area is 230 Å². The Morgan fingerprint density at radius 2 is 1.41 bits per heavy atom. The van der Waals surface area contributed by atoms with Crippen LogP contribution in [0.3, 0.4) is 0 Å². The molecule has 0 heterocycles. The molecule has 208 valence electrons. The average molecular weight is 554 g/mol. The minimum atomic E-state index is -4.13. The van der Waals surface area contributed by atoms with Crippen molar-refractivity contribution in [1.29, 1.82) is 0 Å². The number of likely N-dealkylation sites (N-methyl/N-ethyl adjacent to an activating group) is 1. The minimum absolute atomic E-state index is 0.0511. The van der Waals surface area contributed by atoms with Gasteiger partial charge in [-0.25, -0.2) is 8.42 Å². The Balaban J connectivity index is 2.02. The fraction of sp³-hybridized carbons (Fsp3) is 0.310. The van der Waals surface area contributed by atoms with Gasteiger partial charge in [-0.3, -0.25) is 13.9 Å². The van der Waals surface area contributed by atoms with Gasteiger partial charge in [0, 0.05) is 13.1 Å². The number of methoxy groups -OCH3 is 2. The van der Waals surface area contributed by atoms with Crippen LogP contribution in [0.1, 0.15) is 25.0 Å². The third-order valence-electron chi connectivity index (χ3n) is 6.28. The molecule has 9 nitrogen and oxygen atoms in total. The number of nitrogens with zero attached hydrogens (tertiary/aromatic N) is 2. The number of rotatable bonds is 12. The van der Waals surface area contributed by atoms with Crippen LogP contribution in [0.5, 0.6) is 11.5 Å². The Hall–Kier alpha value is -4.05. The van der Waals surface area contributed by atoms with Crippen LogP contribution in [0.15, 0.2) is 77.7 Å². The molecule has 2 amide bonds. The Kier molecular flexibility index (Phi) is 9.95. The van der Waals surface area contributed by atoms with E-state index in [9.17, 15) is 18.0 Å². The molecule has 0 spiro atoms. The van der Waals surface area contributed by atoms with Crippen molar-refractivity contribution in [3.8, 4) is 11.5 Å². The lowest BCUT2D eigenvalue weighted by molar-refractivity contribution is -0.139. The number of nitrogens with one attached hydrogen (secondary N) is 1. The monoisotopic (exact) mass is 553 g/mol. The summed E-state index contributed by atoms with van der Waals surface area (Å²) in [6.45, 7) is 5.26. The van der Waals surface area contributed by atoms with E-state index in [2.05, 4.69) is 5.32 Å². The third kappa shape index (κ3) is 7.29. The first kappa shape index (κ1) is 29.5. The minimum Gasteiger partial charge on any atom is -0.497 e. The number of aryl methyl sites for hydroxylation is 1. The normalized spacial score (nSPS) is 11.8. The molecule has 0 bridgehead atoms. The van der Waals surface area contributed by atoms with Crippen molar-refractivity contribution < 1.29 is 27.5 Å². The second-order valence-corrected chi connectivity index (χ2v) is 10.8. The van der Waals surface area contributed by atoms with E-state index in [1.54, 1.807) is 81.6 Å². The molecule has 0 fully saturated rings. The molecule has 0 aliphatic carbocycles. The Bertz CT molecular complexity index is 1360. The van der Waals surface area contributed by atoms with Crippen LogP contribution in [-0.2, 0) is 26.2 Å². The molecule has 0 saturated heterocycles. The summed E-state index contributed by atoms with van der Waals surface area (Å²) in [6, 6.07) is 19.1. The second kappa shape index (κ2) is 13.1. The molecule has 3 rings (SSSR count). The lowest BCUT2D eigenvalue weighted by Gasteiger charge is -2.32. The van der Waals surface area contributed by atoms with Crippen molar-refractivity contribution in [3.05, 3.63) is 83.9 Å². The van der Waals surface area contributed by atoms with Gasteiger partial charge in [-0.05, 0) is 74.9 Å². The zero-order chi connectivity index (χ0) is 28.6. The van der Waals surface area contributed by atoms with E-state index in [0.717, 1.165) is 15.4 Å². The lowest BCUT2D eigenvalue weighted by Crippen LogP contribution is -2.51. The van der Waals surface area contributed by atoms with E-state index in [1.807, 2.05) is 6.92 Å². The van der Waals surface area contributed by atoms with Gasteiger partial charge in [0.1, 0.15) is 24.1 Å². The maximum absolute atomic E-state index is 13.9. The number of carbonyl (C=O) groups is 2. The molecule has 0 unspecified atom stereocenters. The highest BCUT2D eigenvalue weighted by Crippen LogP contribution is 2.27. The van der Waals surface area contributed by atoms with Gasteiger partial charge in [0.2, 0.25) is 11.8 Å². The quantitative estimate of drug-likeness (QED) is 0.366. The summed E-state index contributed by atoms with van der Waals surface area (Å²) in [7, 11) is -1.06. The van der Waals surface area contributed by atoms with Crippen LogP contribution in [0.4, 0.5) is 5.69 Å². The van der Waals surface area contributed by atoms with Crippen LogP contribution >= 0.6 is 0 Å². The molecule has 1 N–H and O–H groups in total. The van der Waals surface area contributed by atoms with Gasteiger partial charge < -0.3 is 19.7 Å². The fourth-order valence-electron chi connectivity index (χ4n) is 3.95. The van der Waals surface area contributed by atoms with E-state index in [4.69, 9.17) is 9.47 Å². The van der Waals surface area contributed by atoms with Crippen molar-refractivity contribution in [2.24, 2.45) is 0 Å². The van der Waals surface area contributed by atoms with Crippen molar-refractivity contribution in [1.82, 2.24) is 10.2 Å². The summed E-state index contributed by atoms with van der Waals surface area (Å²) in [4.78, 5) is 28.1. The molecule has 0 aliphatic rings. The molecule has 0 saturated carbocycles. The third-order valence-corrected chi connectivity index (χ3v) is 8.07. The molecule has 3 aromatic carbocycles. The Morgan fingerprint density at radius 1 is 0.872 bits per heavy atom. The second-order valence-electron chi connectivity index (χ2n) is 8.96. The van der Waals surface area contributed by atoms with Gasteiger partial charge in [-0.2, -0.15) is 0 Å². The topological polar surface area (TPSA) is 105 Å². The summed E-state index contributed by atoms with van der Waals surface area (Å²) in [5.74, 6) is 0.333. The van der Waals surface area contributed by atoms with Crippen molar-refractivity contribution in [2.75, 3.05) is 31.6 Å². The van der Waals surface area contributed by atoms with E-state index in [1.165, 1.54) is 24.1 Å². The van der Waals surface area contributed by atoms with Gasteiger partial charge in [0.15, 0.2) is 0 Å².